The first-order valence-corrected chi connectivity index (χ1v) is 12.0. The van der Waals surface area contributed by atoms with Gasteiger partial charge >= 0.3 is 5.88 Å². The fourth-order valence-corrected chi connectivity index (χ4v) is 4.86. The summed E-state index contributed by atoms with van der Waals surface area (Å²) < 4.78 is 5.24. The van der Waals surface area contributed by atoms with Crippen LogP contribution in [0.2, 0.25) is 0 Å². The molecule has 5 heteroatoms. The number of aromatic nitrogens is 3. The van der Waals surface area contributed by atoms with Gasteiger partial charge in [-0.05, 0) is 30.2 Å². The Morgan fingerprint density at radius 3 is 2.31 bits per heavy atom. The third-order valence-corrected chi connectivity index (χ3v) is 7.17. The van der Waals surface area contributed by atoms with Crippen LogP contribution >= 0.6 is 0 Å². The highest BCUT2D eigenvalue weighted by atomic mass is 16.5. The number of rotatable bonds is 5. The number of hydrogen-bond donors (Lipinski definition) is 1. The van der Waals surface area contributed by atoms with Crippen molar-refractivity contribution in [1.29, 1.82) is 0 Å². The Bertz CT molecular complexity index is 1490. The molecule has 172 valence electrons. The third-order valence-electron chi connectivity index (χ3n) is 7.17. The van der Waals surface area contributed by atoms with Crippen LogP contribution < -0.4 is 15.5 Å². The number of ether oxygens (including phenoxy) is 1. The van der Waals surface area contributed by atoms with Crippen LogP contribution in [-0.4, -0.2) is 17.1 Å². The average molecular weight is 461 g/mol. The van der Waals surface area contributed by atoms with Crippen LogP contribution in [0.4, 0.5) is 0 Å². The Morgan fingerprint density at radius 1 is 0.886 bits per heavy atom. The quantitative estimate of drug-likeness (QED) is 0.398. The highest BCUT2D eigenvalue weighted by molar-refractivity contribution is 5.92. The molecular formula is C30H28N4O+2. The highest BCUT2D eigenvalue weighted by Gasteiger charge is 2.38. The average Bonchev–Trinajstić information content (AvgIpc) is 2.91. The van der Waals surface area contributed by atoms with Crippen molar-refractivity contribution >= 4 is 10.9 Å². The van der Waals surface area contributed by atoms with Gasteiger partial charge in [-0.3, -0.25) is 4.98 Å². The molecule has 0 atom stereocenters. The van der Waals surface area contributed by atoms with E-state index in [-0.39, 0.29) is 5.54 Å². The number of quaternary nitrogens is 1. The van der Waals surface area contributed by atoms with Crippen molar-refractivity contribution in [3.63, 3.8) is 0 Å². The lowest BCUT2D eigenvalue weighted by atomic mass is 9.72. The van der Waals surface area contributed by atoms with Gasteiger partial charge in [-0.2, -0.15) is 4.98 Å². The maximum atomic E-state index is 5.24. The van der Waals surface area contributed by atoms with Crippen molar-refractivity contribution in [3.05, 3.63) is 96.8 Å². The molecule has 0 spiro atoms. The fourth-order valence-electron chi connectivity index (χ4n) is 4.86. The molecule has 0 aliphatic heterocycles. The first-order chi connectivity index (χ1) is 17.1. The van der Waals surface area contributed by atoms with E-state index in [0.29, 0.717) is 5.88 Å². The number of nitrogens with zero attached hydrogens (tertiary/aromatic N) is 2. The van der Waals surface area contributed by atoms with Gasteiger partial charge in [0.1, 0.15) is 5.54 Å². The summed E-state index contributed by atoms with van der Waals surface area (Å²) in [7, 11) is 1.65. The van der Waals surface area contributed by atoms with Crippen LogP contribution in [0.25, 0.3) is 44.5 Å². The lowest BCUT2D eigenvalue weighted by Gasteiger charge is -2.34. The van der Waals surface area contributed by atoms with Crippen molar-refractivity contribution in [2.24, 2.45) is 0 Å². The Kier molecular flexibility index (Phi) is 5.27. The molecule has 1 aliphatic carbocycles. The Morgan fingerprint density at radius 2 is 1.66 bits per heavy atom. The highest BCUT2D eigenvalue weighted by Crippen LogP contribution is 2.39. The second-order valence-electron chi connectivity index (χ2n) is 9.37. The Labute approximate surface area is 204 Å². The van der Waals surface area contributed by atoms with E-state index in [4.69, 9.17) is 14.7 Å². The van der Waals surface area contributed by atoms with Gasteiger partial charge in [0.2, 0.25) is 0 Å². The lowest BCUT2D eigenvalue weighted by molar-refractivity contribution is -0.509. The summed E-state index contributed by atoms with van der Waals surface area (Å²) in [6.45, 7) is 0. The number of methoxy groups -OCH3 is 1. The molecule has 5 aromatic rings. The van der Waals surface area contributed by atoms with Crippen LogP contribution in [-0.2, 0) is 5.54 Å². The van der Waals surface area contributed by atoms with E-state index in [0.717, 1.165) is 57.4 Å². The first-order valence-electron chi connectivity index (χ1n) is 12.0. The SMILES string of the molecule is COc1ccc(-c2cc3cc(-c4ccccc4)c(-c4ccc(C5([NH3+])CCC5)cc4)nc3cn2)c[nH+]1. The van der Waals surface area contributed by atoms with Crippen LogP contribution in [0.1, 0.15) is 24.8 Å². The summed E-state index contributed by atoms with van der Waals surface area (Å²) in [6, 6.07) is 27.5. The van der Waals surface area contributed by atoms with Crippen molar-refractivity contribution < 1.29 is 15.5 Å². The molecule has 0 bridgehead atoms. The molecule has 5 nitrogen and oxygen atoms in total. The molecule has 1 fully saturated rings. The van der Waals surface area contributed by atoms with Crippen LogP contribution in [0.15, 0.2) is 91.3 Å². The lowest BCUT2D eigenvalue weighted by Crippen LogP contribution is -2.73. The summed E-state index contributed by atoms with van der Waals surface area (Å²) in [5.41, 5.74) is 12.9. The maximum absolute atomic E-state index is 5.24. The zero-order chi connectivity index (χ0) is 23.8. The summed E-state index contributed by atoms with van der Waals surface area (Å²) in [6.07, 6.45) is 7.36. The first kappa shape index (κ1) is 21.4. The van der Waals surface area contributed by atoms with E-state index in [1.165, 1.54) is 12.0 Å². The van der Waals surface area contributed by atoms with Gasteiger partial charge in [0.15, 0.2) is 6.20 Å². The molecule has 3 heterocycles. The summed E-state index contributed by atoms with van der Waals surface area (Å²) in [5.74, 6) is 0.709. The molecule has 0 amide bonds. The van der Waals surface area contributed by atoms with E-state index >= 15 is 0 Å². The minimum Gasteiger partial charge on any atom is -0.448 e. The topological polar surface area (TPSA) is 76.8 Å². The number of aromatic amines is 1. The fraction of sp³-hybridized carbons (Fsp3) is 0.167. The molecule has 3 aromatic heterocycles. The zero-order valence-corrected chi connectivity index (χ0v) is 19.8. The monoisotopic (exact) mass is 460 g/mol. The predicted molar refractivity (Wildman–Crippen MR) is 137 cm³/mol. The number of hydrogen-bond acceptors (Lipinski definition) is 3. The molecule has 0 unspecified atom stereocenters. The maximum Gasteiger partial charge on any atom is 0.365 e. The van der Waals surface area contributed by atoms with Crippen LogP contribution in [0, 0.1) is 0 Å². The van der Waals surface area contributed by atoms with E-state index < -0.39 is 0 Å². The normalized spacial score (nSPS) is 14.5. The Balaban J connectivity index is 1.47. The van der Waals surface area contributed by atoms with Gasteiger partial charge in [-0.1, -0.05) is 54.6 Å². The van der Waals surface area contributed by atoms with Gasteiger partial charge in [-0.25, -0.2) is 4.98 Å². The molecule has 35 heavy (non-hydrogen) atoms. The summed E-state index contributed by atoms with van der Waals surface area (Å²) in [4.78, 5) is 12.9. The second-order valence-corrected chi connectivity index (χ2v) is 9.37. The smallest absolute Gasteiger partial charge is 0.365 e. The van der Waals surface area contributed by atoms with E-state index in [2.05, 4.69) is 71.4 Å². The van der Waals surface area contributed by atoms with Crippen molar-refractivity contribution in [3.8, 4) is 39.5 Å². The number of benzene rings is 2. The van der Waals surface area contributed by atoms with E-state index in [1.807, 2.05) is 30.6 Å². The Hall–Kier alpha value is -4.09. The standard InChI is InChI=1S/C30H26N4O/c1-35-28-13-10-22(18-33-28)26-17-23-16-25(20-6-3-2-4-7-20)29(34-27(23)19-32-26)21-8-11-24(12-9-21)30(31)14-5-15-30/h2-4,6-13,16-19H,5,14-15,31H2,1H3/p+2. The van der Waals surface area contributed by atoms with Crippen molar-refractivity contribution in [1.82, 2.24) is 9.97 Å². The molecule has 0 saturated heterocycles. The van der Waals surface area contributed by atoms with Gasteiger partial charge in [0, 0.05) is 34.9 Å². The number of fused-ring (bicyclic) bond motifs is 1. The van der Waals surface area contributed by atoms with Gasteiger partial charge < -0.3 is 10.5 Å². The summed E-state index contributed by atoms with van der Waals surface area (Å²) >= 11 is 0. The van der Waals surface area contributed by atoms with Crippen molar-refractivity contribution in [2.45, 2.75) is 24.8 Å². The largest absolute Gasteiger partial charge is 0.448 e. The van der Waals surface area contributed by atoms with E-state index in [1.54, 1.807) is 7.11 Å². The number of nitrogens with one attached hydrogen (secondary N) is 1. The number of H-pyrrole nitrogens is 1. The van der Waals surface area contributed by atoms with Gasteiger partial charge in [0.25, 0.3) is 0 Å². The molecule has 1 aliphatic rings. The van der Waals surface area contributed by atoms with Crippen LogP contribution in [0.5, 0.6) is 5.88 Å². The molecule has 6 rings (SSSR count). The second kappa shape index (κ2) is 8.60. The minimum atomic E-state index is 0.0802. The van der Waals surface area contributed by atoms with E-state index in [9.17, 15) is 0 Å². The van der Waals surface area contributed by atoms with Crippen LogP contribution in [0.3, 0.4) is 0 Å². The third kappa shape index (κ3) is 3.94. The summed E-state index contributed by atoms with van der Waals surface area (Å²) in [5, 5.41) is 1.05. The molecule has 0 radical (unpaired) electrons. The molecule has 2 aromatic carbocycles. The zero-order valence-electron chi connectivity index (χ0n) is 19.8. The minimum absolute atomic E-state index is 0.0802. The van der Waals surface area contributed by atoms with Crippen molar-refractivity contribution in [2.75, 3.05) is 7.11 Å². The number of pyridine rings is 3. The predicted octanol–water partition coefficient (Wildman–Crippen LogP) is 5.07. The molecule has 1 saturated carbocycles. The molecule has 4 N–H and O–H groups in total. The molecular weight excluding hydrogens is 432 g/mol. The van der Waals surface area contributed by atoms with Gasteiger partial charge in [0.05, 0.1) is 41.8 Å². The van der Waals surface area contributed by atoms with Gasteiger partial charge in [-0.15, -0.1) is 0 Å².